The van der Waals surface area contributed by atoms with Crippen LogP contribution in [0.2, 0.25) is 0 Å². The van der Waals surface area contributed by atoms with E-state index in [9.17, 15) is 13.2 Å². The average molecular weight is 414 g/mol. The molecule has 0 saturated carbocycles. The fourth-order valence-electron chi connectivity index (χ4n) is 3.14. The molecule has 0 bridgehead atoms. The van der Waals surface area contributed by atoms with E-state index in [0.29, 0.717) is 24.3 Å². The number of nitrogens with zero attached hydrogens (tertiary/aromatic N) is 2. The molecule has 1 aliphatic heterocycles. The molecule has 0 spiro atoms. The van der Waals surface area contributed by atoms with Gasteiger partial charge in [-0.2, -0.15) is 4.31 Å². The Hall–Kier alpha value is -2.55. The fourth-order valence-corrected chi connectivity index (χ4v) is 5.35. The topological polar surface area (TPSA) is 79.4 Å². The van der Waals surface area contributed by atoms with Crippen molar-refractivity contribution in [2.75, 3.05) is 18.4 Å². The Balaban J connectivity index is 1.51. The van der Waals surface area contributed by atoms with E-state index in [1.807, 2.05) is 17.5 Å². The second-order valence-electron chi connectivity index (χ2n) is 6.51. The Morgan fingerprint density at radius 2 is 1.82 bits per heavy atom. The summed E-state index contributed by atoms with van der Waals surface area (Å²) in [6.45, 7) is 1.06. The minimum atomic E-state index is -3.55. The Kier molecular flexibility index (Phi) is 5.25. The van der Waals surface area contributed by atoms with Crippen molar-refractivity contribution in [1.82, 2.24) is 9.29 Å². The first-order valence-corrected chi connectivity index (χ1v) is 11.3. The van der Waals surface area contributed by atoms with Gasteiger partial charge in [0.15, 0.2) is 0 Å². The van der Waals surface area contributed by atoms with Crippen molar-refractivity contribution < 1.29 is 13.2 Å². The minimum Gasteiger partial charge on any atom is -0.322 e. The summed E-state index contributed by atoms with van der Waals surface area (Å²) in [6.07, 6.45) is 3.49. The van der Waals surface area contributed by atoms with Crippen LogP contribution in [0, 0.1) is 0 Å². The lowest BCUT2D eigenvalue weighted by Crippen LogP contribution is -2.28. The van der Waals surface area contributed by atoms with Crippen molar-refractivity contribution in [1.29, 1.82) is 0 Å². The molecule has 0 aliphatic carbocycles. The standard InChI is InChI=1S/C20H19N3O3S2/c24-19(22-17-8-6-15(7-9-17)20-21-10-13-27-20)16-4-3-5-18(14-16)28(25,26)23-11-1-2-12-23/h3-10,13-14H,1-2,11-12H2,(H,22,24). The predicted molar refractivity (Wildman–Crippen MR) is 110 cm³/mol. The lowest BCUT2D eigenvalue weighted by Gasteiger charge is -2.16. The van der Waals surface area contributed by atoms with Crippen molar-refractivity contribution in [3.63, 3.8) is 0 Å². The van der Waals surface area contributed by atoms with E-state index in [1.54, 1.807) is 41.8 Å². The Bertz CT molecular complexity index is 1070. The number of aromatic nitrogens is 1. The summed E-state index contributed by atoms with van der Waals surface area (Å²) in [7, 11) is -3.55. The molecule has 3 aromatic rings. The number of carbonyl (C=O) groups is 1. The van der Waals surface area contributed by atoms with Crippen LogP contribution in [0.5, 0.6) is 0 Å². The highest BCUT2D eigenvalue weighted by Gasteiger charge is 2.27. The molecule has 0 unspecified atom stereocenters. The van der Waals surface area contributed by atoms with Crippen LogP contribution in [-0.4, -0.2) is 36.7 Å². The van der Waals surface area contributed by atoms with Crippen molar-refractivity contribution in [3.05, 3.63) is 65.7 Å². The second kappa shape index (κ2) is 7.83. The summed E-state index contributed by atoms with van der Waals surface area (Å²) in [5, 5.41) is 5.64. The molecular weight excluding hydrogens is 394 g/mol. The van der Waals surface area contributed by atoms with Crippen LogP contribution >= 0.6 is 11.3 Å². The maximum atomic E-state index is 12.7. The first kappa shape index (κ1) is 18.8. The highest BCUT2D eigenvalue weighted by atomic mass is 32.2. The molecule has 1 N–H and O–H groups in total. The monoisotopic (exact) mass is 413 g/mol. The molecule has 8 heteroatoms. The molecule has 1 aromatic heterocycles. The molecule has 1 fully saturated rings. The van der Waals surface area contributed by atoms with E-state index in [0.717, 1.165) is 23.4 Å². The lowest BCUT2D eigenvalue weighted by atomic mass is 10.2. The van der Waals surface area contributed by atoms with Gasteiger partial charge in [-0.15, -0.1) is 11.3 Å². The number of hydrogen-bond donors (Lipinski definition) is 1. The number of sulfonamides is 1. The Morgan fingerprint density at radius 3 is 2.50 bits per heavy atom. The summed E-state index contributed by atoms with van der Waals surface area (Å²) < 4.78 is 26.9. The van der Waals surface area contributed by atoms with E-state index in [-0.39, 0.29) is 10.8 Å². The summed E-state index contributed by atoms with van der Waals surface area (Å²) in [4.78, 5) is 17.0. The zero-order chi connectivity index (χ0) is 19.6. The van der Waals surface area contributed by atoms with Gasteiger partial charge >= 0.3 is 0 Å². The molecule has 2 aromatic carbocycles. The molecule has 28 heavy (non-hydrogen) atoms. The smallest absolute Gasteiger partial charge is 0.255 e. The van der Waals surface area contributed by atoms with Crippen LogP contribution in [0.3, 0.4) is 0 Å². The third kappa shape index (κ3) is 3.84. The summed E-state index contributed by atoms with van der Waals surface area (Å²) >= 11 is 1.55. The number of nitrogens with one attached hydrogen (secondary N) is 1. The number of rotatable bonds is 5. The first-order chi connectivity index (χ1) is 13.5. The van der Waals surface area contributed by atoms with Gasteiger partial charge in [-0.25, -0.2) is 13.4 Å². The molecule has 144 valence electrons. The van der Waals surface area contributed by atoms with Crippen LogP contribution < -0.4 is 5.32 Å². The highest BCUT2D eigenvalue weighted by Crippen LogP contribution is 2.24. The molecule has 0 radical (unpaired) electrons. The molecule has 1 amide bonds. The third-order valence-electron chi connectivity index (χ3n) is 4.62. The number of carbonyl (C=O) groups excluding carboxylic acids is 1. The summed E-state index contributed by atoms with van der Waals surface area (Å²) in [5.74, 6) is -0.347. The van der Waals surface area contributed by atoms with Crippen LogP contribution in [-0.2, 0) is 10.0 Å². The number of hydrogen-bond acceptors (Lipinski definition) is 5. The first-order valence-electron chi connectivity index (χ1n) is 8.95. The van der Waals surface area contributed by atoms with Gasteiger partial charge in [0.2, 0.25) is 10.0 Å². The summed E-state index contributed by atoms with van der Waals surface area (Å²) in [5.41, 5.74) is 1.93. The highest BCUT2D eigenvalue weighted by molar-refractivity contribution is 7.89. The average Bonchev–Trinajstić information content (AvgIpc) is 3.43. The van der Waals surface area contributed by atoms with E-state index < -0.39 is 10.0 Å². The number of benzene rings is 2. The van der Waals surface area contributed by atoms with Gasteiger partial charge in [0.05, 0.1) is 4.90 Å². The van der Waals surface area contributed by atoms with Gasteiger partial charge in [-0.3, -0.25) is 4.79 Å². The van der Waals surface area contributed by atoms with E-state index in [1.165, 1.54) is 16.4 Å². The van der Waals surface area contributed by atoms with Gasteiger partial charge in [0.1, 0.15) is 5.01 Å². The summed E-state index contributed by atoms with van der Waals surface area (Å²) in [6, 6.07) is 13.6. The maximum absolute atomic E-state index is 12.7. The van der Waals surface area contributed by atoms with E-state index >= 15 is 0 Å². The maximum Gasteiger partial charge on any atom is 0.255 e. The van der Waals surface area contributed by atoms with Crippen molar-refractivity contribution in [2.24, 2.45) is 0 Å². The molecule has 1 saturated heterocycles. The van der Waals surface area contributed by atoms with Gasteiger partial charge in [-0.1, -0.05) is 6.07 Å². The van der Waals surface area contributed by atoms with E-state index in [4.69, 9.17) is 0 Å². The molecule has 4 rings (SSSR count). The zero-order valence-electron chi connectivity index (χ0n) is 15.0. The van der Waals surface area contributed by atoms with Crippen molar-refractivity contribution >= 4 is 33.0 Å². The third-order valence-corrected chi connectivity index (χ3v) is 7.34. The van der Waals surface area contributed by atoms with Crippen molar-refractivity contribution in [2.45, 2.75) is 17.7 Å². The van der Waals surface area contributed by atoms with Gasteiger partial charge < -0.3 is 5.32 Å². The minimum absolute atomic E-state index is 0.154. The van der Waals surface area contributed by atoms with Crippen molar-refractivity contribution in [3.8, 4) is 10.6 Å². The van der Waals surface area contributed by atoms with Crippen LogP contribution in [0.25, 0.3) is 10.6 Å². The van der Waals surface area contributed by atoms with Crippen LogP contribution in [0.4, 0.5) is 5.69 Å². The van der Waals surface area contributed by atoms with Gasteiger partial charge in [0.25, 0.3) is 5.91 Å². The lowest BCUT2D eigenvalue weighted by molar-refractivity contribution is 0.102. The van der Waals surface area contributed by atoms with Crippen LogP contribution in [0.1, 0.15) is 23.2 Å². The fraction of sp³-hybridized carbons (Fsp3) is 0.200. The Labute approximate surface area is 167 Å². The van der Waals surface area contributed by atoms with Gasteiger partial charge in [0, 0.05) is 41.5 Å². The largest absolute Gasteiger partial charge is 0.322 e. The number of anilines is 1. The molecule has 2 heterocycles. The second-order valence-corrected chi connectivity index (χ2v) is 9.34. The zero-order valence-corrected chi connectivity index (χ0v) is 16.7. The molecule has 1 aliphatic rings. The SMILES string of the molecule is O=C(Nc1ccc(-c2nccs2)cc1)c1cccc(S(=O)(=O)N2CCCC2)c1. The quantitative estimate of drug-likeness (QED) is 0.689. The number of amides is 1. The van der Waals surface area contributed by atoms with Gasteiger partial charge in [-0.05, 0) is 55.3 Å². The predicted octanol–water partition coefficient (Wildman–Crippen LogP) is 3.85. The Morgan fingerprint density at radius 1 is 1.07 bits per heavy atom. The van der Waals surface area contributed by atoms with E-state index in [2.05, 4.69) is 10.3 Å². The van der Waals surface area contributed by atoms with Crippen LogP contribution in [0.15, 0.2) is 65.0 Å². The molecular formula is C20H19N3O3S2. The molecule has 6 nitrogen and oxygen atoms in total. The normalized spacial score (nSPS) is 14.9. The number of thiazole rings is 1. The molecule has 0 atom stereocenters.